The monoisotopic (exact) mass is 319 g/mol. The third-order valence-corrected chi connectivity index (χ3v) is 4.31. The first-order valence-corrected chi connectivity index (χ1v) is 7.96. The number of nitrogens with two attached hydrogens (primary N) is 1. The summed E-state index contributed by atoms with van der Waals surface area (Å²) in [5, 5.41) is 5.07. The van der Waals surface area contributed by atoms with E-state index in [9.17, 15) is 8.42 Å². The minimum Gasteiger partial charge on any atom is -0.225 e. The molecule has 0 aliphatic heterocycles. The molecule has 2 unspecified atom stereocenters. The van der Waals surface area contributed by atoms with Gasteiger partial charge in [0.05, 0.1) is 4.90 Å². The third kappa shape index (κ3) is 3.79. The van der Waals surface area contributed by atoms with Crippen molar-refractivity contribution in [1.29, 1.82) is 0 Å². The van der Waals surface area contributed by atoms with Gasteiger partial charge < -0.3 is 0 Å². The molecule has 5 heteroatoms. The van der Waals surface area contributed by atoms with Crippen molar-refractivity contribution >= 4 is 26.0 Å². The van der Waals surface area contributed by atoms with Crippen LogP contribution < -0.4 is 5.14 Å². The number of rotatable bonds is 4. The van der Waals surface area contributed by atoms with Gasteiger partial charge in [0.15, 0.2) is 0 Å². The highest BCUT2D eigenvalue weighted by Crippen LogP contribution is 2.32. The maximum Gasteiger partial charge on any atom is 0.238 e. The topological polar surface area (TPSA) is 60.2 Å². The predicted molar refractivity (Wildman–Crippen MR) is 73.8 cm³/mol. The third-order valence-electron chi connectivity index (χ3n) is 2.81. The van der Waals surface area contributed by atoms with Gasteiger partial charge >= 0.3 is 0 Å². The summed E-state index contributed by atoms with van der Waals surface area (Å²) < 4.78 is 22.3. The molecule has 0 radical (unpaired) electrons. The van der Waals surface area contributed by atoms with Crippen LogP contribution in [0, 0.1) is 5.92 Å². The number of hydrogen-bond donors (Lipinski definition) is 1. The minimum absolute atomic E-state index is 0.158. The lowest BCUT2D eigenvalue weighted by Gasteiger charge is -2.24. The molecule has 0 amide bonds. The van der Waals surface area contributed by atoms with Crippen LogP contribution in [0.2, 0.25) is 0 Å². The average Bonchev–Trinajstić information content (AvgIpc) is 2.15. The molecule has 0 aliphatic rings. The largest absolute Gasteiger partial charge is 0.238 e. The van der Waals surface area contributed by atoms with E-state index >= 15 is 0 Å². The summed E-state index contributed by atoms with van der Waals surface area (Å²) >= 11 is 3.59. The quantitative estimate of drug-likeness (QED) is 0.867. The van der Waals surface area contributed by atoms with Crippen LogP contribution in [0.25, 0.3) is 0 Å². The summed E-state index contributed by atoms with van der Waals surface area (Å²) in [6.45, 7) is 6.39. The van der Waals surface area contributed by atoms with Crippen LogP contribution in [-0.4, -0.2) is 13.2 Å². The van der Waals surface area contributed by atoms with E-state index in [1.807, 2.05) is 12.1 Å². The van der Waals surface area contributed by atoms with Crippen LogP contribution in [0.4, 0.5) is 0 Å². The second kappa shape index (κ2) is 5.50. The zero-order chi connectivity index (χ0) is 13.2. The molecule has 1 aromatic rings. The minimum atomic E-state index is -3.60. The van der Waals surface area contributed by atoms with Crippen LogP contribution in [0.1, 0.15) is 32.3 Å². The van der Waals surface area contributed by atoms with E-state index in [-0.39, 0.29) is 4.90 Å². The summed E-state index contributed by atoms with van der Waals surface area (Å²) in [6.07, 6.45) is 0. The smallest absolute Gasteiger partial charge is 0.225 e. The molecule has 17 heavy (non-hydrogen) atoms. The Balaban J connectivity index is 3.09. The number of benzene rings is 1. The van der Waals surface area contributed by atoms with Gasteiger partial charge in [-0.25, -0.2) is 13.6 Å². The fraction of sp³-hybridized carbons (Fsp3) is 0.500. The Hall–Kier alpha value is -0.390. The standard InChI is InChI=1S/C12H18BrNO2S/c1-8(2)12(9(3)13)10-4-6-11(7-5-10)17(14,15)16/h4-9,12H,1-3H3,(H2,14,15,16). The molecule has 2 atom stereocenters. The van der Waals surface area contributed by atoms with Crippen molar-refractivity contribution in [3.05, 3.63) is 29.8 Å². The SMILES string of the molecule is CC(C)C(c1ccc(S(N)(=O)=O)cc1)C(C)Br. The number of primary sulfonamides is 1. The lowest BCUT2D eigenvalue weighted by molar-refractivity contribution is 0.498. The molecule has 0 saturated carbocycles. The van der Waals surface area contributed by atoms with Crippen LogP contribution in [0.3, 0.4) is 0 Å². The Morgan fingerprint density at radius 2 is 1.59 bits per heavy atom. The van der Waals surface area contributed by atoms with E-state index in [2.05, 4.69) is 36.7 Å². The summed E-state index contributed by atoms with van der Waals surface area (Å²) in [5.41, 5.74) is 1.12. The Labute approximate surface area is 112 Å². The van der Waals surface area contributed by atoms with Crippen molar-refractivity contribution in [3.63, 3.8) is 0 Å². The average molecular weight is 320 g/mol. The van der Waals surface area contributed by atoms with Gasteiger partial charge in [-0.05, 0) is 29.5 Å². The molecule has 0 heterocycles. The van der Waals surface area contributed by atoms with Crippen LogP contribution in [0.5, 0.6) is 0 Å². The van der Waals surface area contributed by atoms with Gasteiger partial charge in [0.25, 0.3) is 0 Å². The molecule has 1 aromatic carbocycles. The van der Waals surface area contributed by atoms with E-state index in [1.165, 1.54) is 0 Å². The number of hydrogen-bond acceptors (Lipinski definition) is 2. The van der Waals surface area contributed by atoms with Crippen molar-refractivity contribution in [2.24, 2.45) is 11.1 Å². The highest BCUT2D eigenvalue weighted by molar-refractivity contribution is 9.09. The molecule has 0 aliphatic carbocycles. The summed E-state index contributed by atoms with van der Waals surface area (Å²) in [5.74, 6) is 0.828. The highest BCUT2D eigenvalue weighted by atomic mass is 79.9. The fourth-order valence-electron chi connectivity index (χ4n) is 2.06. The molecule has 0 fully saturated rings. The summed E-state index contributed by atoms with van der Waals surface area (Å²) in [6, 6.07) is 6.80. The van der Waals surface area contributed by atoms with E-state index < -0.39 is 10.0 Å². The maximum absolute atomic E-state index is 11.2. The van der Waals surface area contributed by atoms with Gasteiger partial charge in [-0.15, -0.1) is 0 Å². The molecule has 0 spiro atoms. The fourth-order valence-corrected chi connectivity index (χ4v) is 3.49. The van der Waals surface area contributed by atoms with Crippen molar-refractivity contribution in [3.8, 4) is 0 Å². The molecule has 0 bridgehead atoms. The van der Waals surface area contributed by atoms with Crippen LogP contribution >= 0.6 is 15.9 Å². The normalized spacial score (nSPS) is 15.9. The van der Waals surface area contributed by atoms with E-state index in [0.717, 1.165) is 5.56 Å². The molecule has 0 aromatic heterocycles. The number of alkyl halides is 1. The van der Waals surface area contributed by atoms with E-state index in [1.54, 1.807) is 12.1 Å². The van der Waals surface area contributed by atoms with Crippen molar-refractivity contribution < 1.29 is 8.42 Å². The second-order valence-corrected chi connectivity index (χ2v) is 7.57. The van der Waals surface area contributed by atoms with Gasteiger partial charge in [-0.1, -0.05) is 48.8 Å². The second-order valence-electron chi connectivity index (χ2n) is 4.56. The zero-order valence-electron chi connectivity index (χ0n) is 10.2. The lowest BCUT2D eigenvalue weighted by Crippen LogP contribution is -2.16. The highest BCUT2D eigenvalue weighted by Gasteiger charge is 2.21. The molecule has 1 rings (SSSR count). The Morgan fingerprint density at radius 3 is 1.88 bits per heavy atom. The summed E-state index contributed by atoms with van der Waals surface area (Å²) in [4.78, 5) is 0.494. The van der Waals surface area contributed by atoms with Gasteiger partial charge in [0.1, 0.15) is 0 Å². The van der Waals surface area contributed by atoms with Gasteiger partial charge in [-0.3, -0.25) is 0 Å². The number of sulfonamides is 1. The lowest BCUT2D eigenvalue weighted by atomic mass is 9.86. The number of halogens is 1. The molecule has 2 N–H and O–H groups in total. The first kappa shape index (κ1) is 14.7. The molecular formula is C12H18BrNO2S. The summed E-state index contributed by atoms with van der Waals surface area (Å²) in [7, 11) is -3.60. The van der Waals surface area contributed by atoms with Gasteiger partial charge in [0, 0.05) is 4.83 Å². The van der Waals surface area contributed by atoms with Crippen LogP contribution in [-0.2, 0) is 10.0 Å². The molecule has 0 saturated heterocycles. The van der Waals surface area contributed by atoms with Crippen molar-refractivity contribution in [2.75, 3.05) is 0 Å². The predicted octanol–water partition coefficient (Wildman–Crippen LogP) is 2.86. The molecular weight excluding hydrogens is 302 g/mol. The van der Waals surface area contributed by atoms with Gasteiger partial charge in [0.2, 0.25) is 10.0 Å². The van der Waals surface area contributed by atoms with E-state index in [0.29, 0.717) is 16.7 Å². The first-order valence-electron chi connectivity index (χ1n) is 5.50. The maximum atomic E-state index is 11.2. The Kier molecular flexibility index (Phi) is 4.75. The Bertz CT molecular complexity index is 458. The molecule has 96 valence electrons. The van der Waals surface area contributed by atoms with Gasteiger partial charge in [-0.2, -0.15) is 0 Å². The van der Waals surface area contributed by atoms with Crippen molar-refractivity contribution in [1.82, 2.24) is 0 Å². The Morgan fingerprint density at radius 1 is 1.12 bits per heavy atom. The van der Waals surface area contributed by atoms with E-state index in [4.69, 9.17) is 5.14 Å². The van der Waals surface area contributed by atoms with Crippen LogP contribution in [0.15, 0.2) is 29.2 Å². The van der Waals surface area contributed by atoms with Crippen molar-refractivity contribution in [2.45, 2.75) is 36.4 Å². The first-order chi connectivity index (χ1) is 7.73. The molecule has 3 nitrogen and oxygen atoms in total. The zero-order valence-corrected chi connectivity index (χ0v) is 12.6.